The molecule has 0 aliphatic carbocycles. The van der Waals surface area contributed by atoms with Crippen molar-refractivity contribution in [1.29, 1.82) is 5.26 Å². The summed E-state index contributed by atoms with van der Waals surface area (Å²) in [7, 11) is 0. The van der Waals surface area contributed by atoms with E-state index in [2.05, 4.69) is 11.1 Å². The number of halogens is 2. The second kappa shape index (κ2) is 7.75. The summed E-state index contributed by atoms with van der Waals surface area (Å²) < 4.78 is 16.1. The van der Waals surface area contributed by atoms with Gasteiger partial charge in [0.05, 0.1) is 21.9 Å². The third kappa shape index (κ3) is 3.66. The first-order chi connectivity index (χ1) is 15.0. The number of hydrogen-bond acceptors (Lipinski definition) is 7. The van der Waals surface area contributed by atoms with E-state index < -0.39 is 5.63 Å². The van der Waals surface area contributed by atoms with Crippen LogP contribution in [0.4, 0.5) is 0 Å². The van der Waals surface area contributed by atoms with E-state index in [1.807, 2.05) is 6.07 Å². The van der Waals surface area contributed by atoms with Gasteiger partial charge in [-0.25, -0.2) is 9.78 Å². The average Bonchev–Trinajstić information content (AvgIpc) is 3.41. The maximum Gasteiger partial charge on any atom is 0.345 e. The van der Waals surface area contributed by atoms with Gasteiger partial charge in [-0.05, 0) is 42.0 Å². The van der Waals surface area contributed by atoms with Crippen LogP contribution in [0, 0.1) is 11.3 Å². The molecule has 0 N–H and O–H groups in total. The minimum Gasteiger partial charge on any atom is -0.454 e. The highest BCUT2D eigenvalue weighted by Gasteiger charge is 2.16. The number of aromatic nitrogens is 1. The van der Waals surface area contributed by atoms with Gasteiger partial charge in [0.25, 0.3) is 0 Å². The Morgan fingerprint density at radius 1 is 1.16 bits per heavy atom. The fourth-order valence-corrected chi connectivity index (χ4v) is 4.50. The number of allylic oxidation sites excluding steroid dienone is 1. The van der Waals surface area contributed by atoms with Crippen molar-refractivity contribution in [3.05, 3.63) is 72.8 Å². The summed E-state index contributed by atoms with van der Waals surface area (Å²) >= 11 is 13.4. The number of rotatable bonds is 3. The molecule has 3 heterocycles. The zero-order valence-electron chi connectivity index (χ0n) is 15.5. The van der Waals surface area contributed by atoms with Crippen molar-refractivity contribution in [2.75, 3.05) is 6.79 Å². The van der Waals surface area contributed by atoms with Crippen molar-refractivity contribution in [3.8, 4) is 28.8 Å². The lowest BCUT2D eigenvalue weighted by Crippen LogP contribution is -2.03. The molecule has 0 amide bonds. The Morgan fingerprint density at radius 2 is 2.00 bits per heavy atom. The Morgan fingerprint density at radius 3 is 2.84 bits per heavy atom. The zero-order valence-corrected chi connectivity index (χ0v) is 17.8. The first-order valence-electron chi connectivity index (χ1n) is 8.92. The number of thiazole rings is 1. The Balaban J connectivity index is 1.54. The first-order valence-corrected chi connectivity index (χ1v) is 10.6. The molecule has 0 spiro atoms. The molecule has 4 aromatic rings. The predicted octanol–water partition coefficient (Wildman–Crippen LogP) is 6.02. The number of fused-ring (bicyclic) bond motifs is 2. The van der Waals surface area contributed by atoms with Crippen LogP contribution in [0.1, 0.15) is 10.6 Å². The van der Waals surface area contributed by atoms with Gasteiger partial charge in [-0.3, -0.25) is 0 Å². The molecule has 0 saturated carbocycles. The standard InChI is InChI=1S/C22H10Cl2N2O4S/c23-14-5-12-6-15(22(27)30-20(12)16(24)7-14)17-9-31-21(26-17)13(8-25)3-11-1-2-18-19(4-11)29-10-28-18/h1-7,9H,10H2. The minimum atomic E-state index is -0.577. The van der Waals surface area contributed by atoms with E-state index in [-0.39, 0.29) is 23.0 Å². The molecule has 2 aromatic heterocycles. The lowest BCUT2D eigenvalue weighted by Gasteiger charge is -2.02. The van der Waals surface area contributed by atoms with Gasteiger partial charge in [-0.1, -0.05) is 29.3 Å². The van der Waals surface area contributed by atoms with Crippen molar-refractivity contribution >= 4 is 57.2 Å². The van der Waals surface area contributed by atoms with Gasteiger partial charge < -0.3 is 13.9 Å². The molecule has 2 aromatic carbocycles. The van der Waals surface area contributed by atoms with Crippen LogP contribution in [0.5, 0.6) is 11.5 Å². The fourth-order valence-electron chi connectivity index (χ4n) is 3.17. The molecule has 0 saturated heterocycles. The number of benzene rings is 2. The van der Waals surface area contributed by atoms with Gasteiger partial charge in [-0.15, -0.1) is 11.3 Å². The molecule has 0 fully saturated rings. The SMILES string of the molecule is N#CC(=Cc1ccc2c(c1)OCO2)c1nc(-c2cc3cc(Cl)cc(Cl)c3oc2=O)cs1. The average molecular weight is 469 g/mol. The molecule has 0 atom stereocenters. The van der Waals surface area contributed by atoms with Crippen LogP contribution in [0.2, 0.25) is 10.0 Å². The molecule has 0 radical (unpaired) electrons. The molecule has 31 heavy (non-hydrogen) atoms. The molecule has 5 rings (SSSR count). The summed E-state index contributed by atoms with van der Waals surface area (Å²) in [6.45, 7) is 0.175. The monoisotopic (exact) mass is 468 g/mol. The zero-order chi connectivity index (χ0) is 21.5. The fraction of sp³-hybridized carbons (Fsp3) is 0.0455. The van der Waals surface area contributed by atoms with E-state index in [0.29, 0.717) is 38.2 Å². The topological polar surface area (TPSA) is 85.3 Å². The lowest BCUT2D eigenvalue weighted by atomic mass is 10.1. The second-order valence-electron chi connectivity index (χ2n) is 6.57. The van der Waals surface area contributed by atoms with E-state index in [0.717, 1.165) is 5.56 Å². The van der Waals surface area contributed by atoms with E-state index in [1.54, 1.807) is 35.7 Å². The largest absolute Gasteiger partial charge is 0.454 e. The quantitative estimate of drug-likeness (QED) is 0.270. The van der Waals surface area contributed by atoms with E-state index in [1.165, 1.54) is 17.4 Å². The van der Waals surface area contributed by atoms with Gasteiger partial charge in [0.1, 0.15) is 11.1 Å². The van der Waals surface area contributed by atoms with Gasteiger partial charge in [0.2, 0.25) is 6.79 Å². The molecular weight excluding hydrogens is 459 g/mol. The Hall–Kier alpha value is -3.31. The molecule has 0 unspecified atom stereocenters. The van der Waals surface area contributed by atoms with Crippen molar-refractivity contribution in [3.63, 3.8) is 0 Å². The Labute approximate surface area is 189 Å². The van der Waals surface area contributed by atoms with Crippen LogP contribution in [0.15, 0.2) is 51.0 Å². The molecule has 1 aliphatic rings. The highest BCUT2D eigenvalue weighted by Crippen LogP contribution is 2.34. The van der Waals surface area contributed by atoms with Crippen LogP contribution >= 0.6 is 34.5 Å². The van der Waals surface area contributed by atoms with E-state index in [9.17, 15) is 10.1 Å². The number of hydrogen-bond donors (Lipinski definition) is 0. The van der Waals surface area contributed by atoms with E-state index in [4.69, 9.17) is 37.1 Å². The van der Waals surface area contributed by atoms with Crippen molar-refractivity contribution in [2.24, 2.45) is 0 Å². The summed E-state index contributed by atoms with van der Waals surface area (Å²) in [6.07, 6.45) is 1.70. The Bertz CT molecular complexity index is 1480. The van der Waals surface area contributed by atoms with Gasteiger partial charge >= 0.3 is 5.63 Å². The molecular formula is C22H10Cl2N2O4S. The summed E-state index contributed by atoms with van der Waals surface area (Å²) in [5.41, 5.74) is 1.47. The van der Waals surface area contributed by atoms with Gasteiger partial charge in [-0.2, -0.15) is 5.26 Å². The number of ether oxygens (including phenoxy) is 2. The van der Waals surface area contributed by atoms with Crippen LogP contribution in [-0.4, -0.2) is 11.8 Å². The first kappa shape index (κ1) is 19.6. The predicted molar refractivity (Wildman–Crippen MR) is 120 cm³/mol. The highest BCUT2D eigenvalue weighted by molar-refractivity contribution is 7.11. The summed E-state index contributed by atoms with van der Waals surface area (Å²) in [5.74, 6) is 1.28. The summed E-state index contributed by atoms with van der Waals surface area (Å²) in [6, 6.07) is 12.4. The van der Waals surface area contributed by atoms with Gasteiger partial charge in [0.15, 0.2) is 17.1 Å². The van der Waals surface area contributed by atoms with Crippen LogP contribution in [-0.2, 0) is 0 Å². The number of nitrogens with zero attached hydrogens (tertiary/aromatic N) is 2. The maximum absolute atomic E-state index is 12.5. The maximum atomic E-state index is 12.5. The normalized spacial score (nSPS) is 12.9. The van der Waals surface area contributed by atoms with Crippen molar-refractivity contribution in [2.45, 2.75) is 0 Å². The highest BCUT2D eigenvalue weighted by atomic mass is 35.5. The van der Waals surface area contributed by atoms with Crippen molar-refractivity contribution in [1.82, 2.24) is 4.98 Å². The molecule has 152 valence electrons. The molecule has 9 heteroatoms. The molecule has 6 nitrogen and oxygen atoms in total. The van der Waals surface area contributed by atoms with Gasteiger partial charge in [0, 0.05) is 15.8 Å². The lowest BCUT2D eigenvalue weighted by molar-refractivity contribution is 0.174. The van der Waals surface area contributed by atoms with Crippen LogP contribution in [0.3, 0.4) is 0 Å². The third-order valence-electron chi connectivity index (χ3n) is 4.59. The van der Waals surface area contributed by atoms with E-state index >= 15 is 0 Å². The van der Waals surface area contributed by atoms with Crippen molar-refractivity contribution < 1.29 is 13.9 Å². The molecule has 1 aliphatic heterocycles. The Kier molecular flexibility index (Phi) is 4.91. The molecule has 0 bridgehead atoms. The second-order valence-corrected chi connectivity index (χ2v) is 8.28. The summed E-state index contributed by atoms with van der Waals surface area (Å²) in [5, 5.41) is 13.1. The van der Waals surface area contributed by atoms with Crippen LogP contribution < -0.4 is 15.1 Å². The number of nitriles is 1. The third-order valence-corrected chi connectivity index (χ3v) is 5.96. The van der Waals surface area contributed by atoms with Crippen LogP contribution in [0.25, 0.3) is 33.9 Å². The minimum absolute atomic E-state index is 0.175. The smallest absolute Gasteiger partial charge is 0.345 e. The summed E-state index contributed by atoms with van der Waals surface area (Å²) in [4.78, 5) is 17.0.